The SMILES string of the molecule is Cc1ccc(-c2cc(NC(=O)CN(C)Cc3ccc(F)cc3)on2)cc1. The minimum absolute atomic E-state index is 0.179. The Balaban J connectivity index is 1.54. The molecular formula is C20H20FN3O2. The fourth-order valence-corrected chi connectivity index (χ4v) is 2.57. The van der Waals surface area contributed by atoms with Gasteiger partial charge in [-0.05, 0) is 31.7 Å². The van der Waals surface area contributed by atoms with Crippen LogP contribution in [0.5, 0.6) is 0 Å². The second-order valence-corrected chi connectivity index (χ2v) is 6.29. The van der Waals surface area contributed by atoms with Crippen molar-refractivity contribution < 1.29 is 13.7 Å². The molecule has 0 saturated heterocycles. The molecule has 1 amide bonds. The average Bonchev–Trinajstić information content (AvgIpc) is 3.05. The molecule has 6 heteroatoms. The molecule has 0 radical (unpaired) electrons. The lowest BCUT2D eigenvalue weighted by atomic mass is 10.1. The third kappa shape index (κ3) is 4.77. The summed E-state index contributed by atoms with van der Waals surface area (Å²) >= 11 is 0. The monoisotopic (exact) mass is 353 g/mol. The molecule has 2 aromatic carbocycles. The average molecular weight is 353 g/mol. The van der Waals surface area contributed by atoms with Crippen molar-refractivity contribution in [1.82, 2.24) is 10.1 Å². The predicted molar refractivity (Wildman–Crippen MR) is 98.0 cm³/mol. The van der Waals surface area contributed by atoms with Crippen LogP contribution in [0.4, 0.5) is 10.3 Å². The molecule has 0 bridgehead atoms. The number of carbonyl (C=O) groups excluding carboxylic acids is 1. The van der Waals surface area contributed by atoms with E-state index < -0.39 is 0 Å². The van der Waals surface area contributed by atoms with Gasteiger partial charge in [-0.2, -0.15) is 0 Å². The Labute approximate surface area is 151 Å². The highest BCUT2D eigenvalue weighted by molar-refractivity contribution is 5.91. The van der Waals surface area contributed by atoms with Crippen LogP contribution >= 0.6 is 0 Å². The van der Waals surface area contributed by atoms with Crippen LogP contribution in [0.15, 0.2) is 59.1 Å². The molecule has 0 spiro atoms. The van der Waals surface area contributed by atoms with Gasteiger partial charge in [0.2, 0.25) is 11.8 Å². The van der Waals surface area contributed by atoms with Crippen LogP contribution in [0.3, 0.4) is 0 Å². The van der Waals surface area contributed by atoms with Crippen molar-refractivity contribution in [3.63, 3.8) is 0 Å². The number of amides is 1. The summed E-state index contributed by atoms with van der Waals surface area (Å²) < 4.78 is 18.1. The van der Waals surface area contributed by atoms with Crippen LogP contribution in [0.2, 0.25) is 0 Å². The van der Waals surface area contributed by atoms with Crippen molar-refractivity contribution >= 4 is 11.8 Å². The molecule has 1 heterocycles. The van der Waals surface area contributed by atoms with Gasteiger partial charge in [-0.1, -0.05) is 47.1 Å². The number of anilines is 1. The van der Waals surface area contributed by atoms with Crippen molar-refractivity contribution in [2.45, 2.75) is 13.5 Å². The number of nitrogens with zero attached hydrogens (tertiary/aromatic N) is 2. The number of halogens is 1. The normalized spacial score (nSPS) is 10.9. The number of hydrogen-bond acceptors (Lipinski definition) is 4. The summed E-state index contributed by atoms with van der Waals surface area (Å²) in [5.41, 5.74) is 3.69. The van der Waals surface area contributed by atoms with Gasteiger partial charge >= 0.3 is 0 Å². The van der Waals surface area contributed by atoms with Crippen LogP contribution in [0.1, 0.15) is 11.1 Å². The number of hydrogen-bond donors (Lipinski definition) is 1. The van der Waals surface area contributed by atoms with E-state index in [4.69, 9.17) is 4.52 Å². The van der Waals surface area contributed by atoms with Gasteiger partial charge < -0.3 is 4.52 Å². The smallest absolute Gasteiger partial charge is 0.240 e. The van der Waals surface area contributed by atoms with Crippen molar-refractivity contribution in [2.75, 3.05) is 18.9 Å². The second kappa shape index (κ2) is 7.93. The van der Waals surface area contributed by atoms with E-state index in [9.17, 15) is 9.18 Å². The van der Waals surface area contributed by atoms with E-state index in [1.807, 2.05) is 43.1 Å². The van der Waals surface area contributed by atoms with Crippen molar-refractivity contribution in [3.8, 4) is 11.3 Å². The Bertz CT molecular complexity index is 873. The third-order valence-corrected chi connectivity index (χ3v) is 3.90. The molecule has 3 aromatic rings. The van der Waals surface area contributed by atoms with Crippen LogP contribution in [-0.2, 0) is 11.3 Å². The molecule has 0 aliphatic rings. The Hall–Kier alpha value is -2.99. The fourth-order valence-electron chi connectivity index (χ4n) is 2.57. The first-order chi connectivity index (χ1) is 12.5. The standard InChI is InChI=1S/C20H20FN3O2/c1-14-3-7-16(8-4-14)18-11-20(26-23-18)22-19(25)13-24(2)12-15-5-9-17(21)10-6-15/h3-11H,12-13H2,1-2H3,(H,22,25). The maximum absolute atomic E-state index is 12.9. The van der Waals surface area contributed by atoms with Crippen LogP contribution < -0.4 is 5.32 Å². The fraction of sp³-hybridized carbons (Fsp3) is 0.200. The highest BCUT2D eigenvalue weighted by atomic mass is 19.1. The molecule has 0 saturated carbocycles. The molecule has 0 unspecified atom stereocenters. The summed E-state index contributed by atoms with van der Waals surface area (Å²) in [6.45, 7) is 2.73. The predicted octanol–water partition coefficient (Wildman–Crippen LogP) is 3.86. The van der Waals surface area contributed by atoms with E-state index in [0.29, 0.717) is 18.1 Å². The number of likely N-dealkylation sites (N-methyl/N-ethyl adjacent to an activating group) is 1. The topological polar surface area (TPSA) is 58.4 Å². The first kappa shape index (κ1) is 17.8. The Morgan fingerprint density at radius 1 is 1.15 bits per heavy atom. The van der Waals surface area contributed by atoms with Crippen LogP contribution in [-0.4, -0.2) is 29.6 Å². The van der Waals surface area contributed by atoms with E-state index in [1.54, 1.807) is 18.2 Å². The maximum Gasteiger partial charge on any atom is 0.240 e. The summed E-state index contributed by atoms with van der Waals surface area (Å²) in [4.78, 5) is 14.0. The summed E-state index contributed by atoms with van der Waals surface area (Å²) in [5.74, 6) is -0.175. The van der Waals surface area contributed by atoms with Gasteiger partial charge in [0, 0.05) is 18.2 Å². The molecule has 5 nitrogen and oxygen atoms in total. The van der Waals surface area contributed by atoms with Gasteiger partial charge in [0.25, 0.3) is 0 Å². The molecule has 26 heavy (non-hydrogen) atoms. The zero-order chi connectivity index (χ0) is 18.5. The van der Waals surface area contributed by atoms with E-state index >= 15 is 0 Å². The number of aryl methyl sites for hydroxylation is 1. The van der Waals surface area contributed by atoms with E-state index in [0.717, 1.165) is 16.7 Å². The minimum atomic E-state index is -0.274. The molecule has 1 aromatic heterocycles. The van der Waals surface area contributed by atoms with E-state index in [2.05, 4.69) is 10.5 Å². The molecular weight excluding hydrogens is 333 g/mol. The summed E-state index contributed by atoms with van der Waals surface area (Å²) in [6, 6.07) is 15.8. The van der Waals surface area contributed by atoms with Gasteiger partial charge in [0.05, 0.1) is 6.54 Å². The highest BCUT2D eigenvalue weighted by Crippen LogP contribution is 2.22. The highest BCUT2D eigenvalue weighted by Gasteiger charge is 2.12. The summed E-state index contributed by atoms with van der Waals surface area (Å²) in [5, 5.41) is 6.68. The Kier molecular flexibility index (Phi) is 5.43. The lowest BCUT2D eigenvalue weighted by molar-refractivity contribution is -0.117. The Morgan fingerprint density at radius 3 is 2.54 bits per heavy atom. The molecule has 0 aliphatic heterocycles. The number of benzene rings is 2. The number of rotatable bonds is 6. The quantitative estimate of drug-likeness (QED) is 0.731. The molecule has 0 atom stereocenters. The van der Waals surface area contributed by atoms with Gasteiger partial charge in [-0.15, -0.1) is 0 Å². The van der Waals surface area contributed by atoms with Gasteiger partial charge in [-0.25, -0.2) is 4.39 Å². The van der Waals surface area contributed by atoms with Crippen molar-refractivity contribution in [1.29, 1.82) is 0 Å². The van der Waals surface area contributed by atoms with Crippen LogP contribution in [0.25, 0.3) is 11.3 Å². The number of aromatic nitrogens is 1. The van der Waals surface area contributed by atoms with Gasteiger partial charge in [-0.3, -0.25) is 15.0 Å². The molecule has 134 valence electrons. The molecule has 1 N–H and O–H groups in total. The molecule has 0 aliphatic carbocycles. The molecule has 3 rings (SSSR count). The first-order valence-electron chi connectivity index (χ1n) is 8.26. The second-order valence-electron chi connectivity index (χ2n) is 6.29. The number of carbonyl (C=O) groups is 1. The van der Waals surface area contributed by atoms with E-state index in [-0.39, 0.29) is 18.3 Å². The maximum atomic E-state index is 12.9. The largest absolute Gasteiger partial charge is 0.338 e. The summed E-state index contributed by atoms with van der Waals surface area (Å²) in [6.07, 6.45) is 0. The Morgan fingerprint density at radius 2 is 1.85 bits per heavy atom. The lowest BCUT2D eigenvalue weighted by Gasteiger charge is -2.15. The van der Waals surface area contributed by atoms with Gasteiger partial charge in [0.1, 0.15) is 11.5 Å². The van der Waals surface area contributed by atoms with E-state index in [1.165, 1.54) is 12.1 Å². The summed E-state index contributed by atoms with van der Waals surface area (Å²) in [7, 11) is 1.82. The lowest BCUT2D eigenvalue weighted by Crippen LogP contribution is -2.29. The van der Waals surface area contributed by atoms with Crippen LogP contribution in [0, 0.1) is 12.7 Å². The van der Waals surface area contributed by atoms with Gasteiger partial charge in [0.15, 0.2) is 0 Å². The van der Waals surface area contributed by atoms with Crippen molar-refractivity contribution in [3.05, 3.63) is 71.5 Å². The minimum Gasteiger partial charge on any atom is -0.338 e. The first-order valence-corrected chi connectivity index (χ1v) is 8.26. The molecule has 0 fully saturated rings. The number of nitrogens with one attached hydrogen (secondary N) is 1. The zero-order valence-corrected chi connectivity index (χ0v) is 14.7. The van der Waals surface area contributed by atoms with Crippen molar-refractivity contribution in [2.24, 2.45) is 0 Å². The third-order valence-electron chi connectivity index (χ3n) is 3.90. The zero-order valence-electron chi connectivity index (χ0n) is 14.7.